The van der Waals surface area contributed by atoms with Crippen molar-refractivity contribution in [1.29, 1.82) is 0 Å². The SMILES string of the molecule is CCCCCCCCCCCCN1CCN(C)C1=NP(=O)(O)O[C@@H]1CCOC1COP(=O)(N=C1N(C)CCN1CCCCCCCCCCCC)O[C@@H]1CCO[C@@H]1COP(=O)(N=C1N(C)CCN1CCCCCCCCCCCC)O[C@@H]1CCO[C@@H]1COP(=O)(O)OCCCCCCO. The molecular weight excluding hydrogens is 1350 g/mol. The summed E-state index contributed by atoms with van der Waals surface area (Å²) in [7, 11) is -12.6. The number of hydrogen-bond acceptors (Lipinski definition) is 15. The van der Waals surface area contributed by atoms with E-state index in [9.17, 15) is 18.9 Å². The molecule has 6 heterocycles. The van der Waals surface area contributed by atoms with Crippen molar-refractivity contribution < 1.29 is 79.0 Å². The zero-order valence-corrected chi connectivity index (χ0v) is 65.6. The van der Waals surface area contributed by atoms with Crippen LogP contribution in [0.5, 0.6) is 0 Å². The van der Waals surface area contributed by atoms with Gasteiger partial charge in [-0.25, -0.2) is 18.3 Å². The Morgan fingerprint density at radius 1 is 0.384 bits per heavy atom. The van der Waals surface area contributed by atoms with Crippen LogP contribution in [0.15, 0.2) is 14.3 Å². The maximum Gasteiger partial charge on any atom is 0.472 e. The van der Waals surface area contributed by atoms with Crippen molar-refractivity contribution in [2.45, 2.75) is 295 Å². The Bertz CT molecular complexity index is 2500. The molecular formula is C69H135N9O17P4. The fourth-order valence-corrected chi connectivity index (χ4v) is 18.7. The van der Waals surface area contributed by atoms with Gasteiger partial charge < -0.3 is 58.5 Å². The summed E-state index contributed by atoms with van der Waals surface area (Å²) in [6.07, 6.45) is 33.5. The van der Waals surface area contributed by atoms with Crippen LogP contribution in [0, 0.1) is 0 Å². The Hall–Kier alpha value is -1.79. The summed E-state index contributed by atoms with van der Waals surface area (Å²) in [5.74, 6) is 1.31. The van der Waals surface area contributed by atoms with Gasteiger partial charge in [0.05, 0.1) is 44.7 Å². The number of ether oxygens (including phenoxy) is 3. The van der Waals surface area contributed by atoms with Gasteiger partial charge in [0.25, 0.3) is 0 Å². The van der Waals surface area contributed by atoms with Gasteiger partial charge >= 0.3 is 31.1 Å². The molecule has 10 atom stereocenters. The van der Waals surface area contributed by atoms with E-state index in [-0.39, 0.29) is 65.5 Å². The van der Waals surface area contributed by atoms with Crippen LogP contribution >= 0.6 is 31.1 Å². The lowest BCUT2D eigenvalue weighted by molar-refractivity contribution is -0.0129. The minimum atomic E-state index is -4.61. The van der Waals surface area contributed by atoms with Gasteiger partial charge in [-0.15, -0.1) is 14.3 Å². The second-order valence-electron chi connectivity index (χ2n) is 28.3. The van der Waals surface area contributed by atoms with E-state index in [0.717, 1.165) is 70.8 Å². The zero-order valence-electron chi connectivity index (χ0n) is 62.0. The molecule has 6 fully saturated rings. The smallest absolute Gasteiger partial charge is 0.396 e. The Morgan fingerprint density at radius 3 is 1.04 bits per heavy atom. The van der Waals surface area contributed by atoms with Crippen molar-refractivity contribution in [2.24, 2.45) is 14.3 Å². The molecule has 0 aromatic carbocycles. The van der Waals surface area contributed by atoms with E-state index in [1.165, 1.54) is 135 Å². The van der Waals surface area contributed by atoms with Crippen molar-refractivity contribution in [3.63, 3.8) is 0 Å². The third kappa shape index (κ3) is 33.3. The first kappa shape index (κ1) is 86.1. The van der Waals surface area contributed by atoms with Gasteiger partial charge in [-0.05, 0) is 32.1 Å². The third-order valence-corrected chi connectivity index (χ3v) is 24.6. The predicted octanol–water partition coefficient (Wildman–Crippen LogP) is 15.1. The van der Waals surface area contributed by atoms with Gasteiger partial charge in [-0.1, -0.05) is 207 Å². The topological polar surface area (TPSA) is 278 Å². The third-order valence-electron chi connectivity index (χ3n) is 19.7. The van der Waals surface area contributed by atoms with Crippen LogP contribution in [0.25, 0.3) is 0 Å². The molecule has 99 heavy (non-hydrogen) atoms. The summed E-state index contributed by atoms with van der Waals surface area (Å²) in [6, 6.07) is 0. The average Bonchev–Trinajstić information content (AvgIpc) is 1.73. The molecule has 0 aromatic rings. The Labute approximate surface area is 596 Å². The summed E-state index contributed by atoms with van der Waals surface area (Å²) in [4.78, 5) is 34.1. The van der Waals surface area contributed by atoms with Crippen molar-refractivity contribution in [2.75, 3.05) is 133 Å². The van der Waals surface area contributed by atoms with E-state index in [1.54, 1.807) is 0 Å². The number of phosphoric ester groups is 1. The van der Waals surface area contributed by atoms with Gasteiger partial charge in [0.15, 0.2) is 0 Å². The van der Waals surface area contributed by atoms with Crippen LogP contribution < -0.4 is 0 Å². The predicted molar refractivity (Wildman–Crippen MR) is 392 cm³/mol. The molecule has 30 heteroatoms. The molecule has 6 saturated heterocycles. The van der Waals surface area contributed by atoms with E-state index in [0.29, 0.717) is 89.5 Å². The van der Waals surface area contributed by atoms with Gasteiger partial charge in [0, 0.05) is 126 Å². The first-order valence-electron chi connectivity index (χ1n) is 39.0. The van der Waals surface area contributed by atoms with E-state index in [4.69, 9.17) is 60.5 Å². The molecule has 0 aliphatic carbocycles. The van der Waals surface area contributed by atoms with Crippen molar-refractivity contribution in [1.82, 2.24) is 29.4 Å². The van der Waals surface area contributed by atoms with Crippen LogP contribution in [0.2, 0.25) is 0 Å². The maximum atomic E-state index is 15.8. The van der Waals surface area contributed by atoms with Crippen molar-refractivity contribution in [3.8, 4) is 0 Å². The highest BCUT2D eigenvalue weighted by Crippen LogP contribution is 2.57. The van der Waals surface area contributed by atoms with Crippen molar-refractivity contribution in [3.05, 3.63) is 0 Å². The summed E-state index contributed by atoms with van der Waals surface area (Å²) in [5.41, 5.74) is 0. The lowest BCUT2D eigenvalue weighted by Crippen LogP contribution is -2.34. The lowest BCUT2D eigenvalue weighted by Gasteiger charge is -2.28. The second-order valence-corrected chi connectivity index (χ2v) is 34.3. The number of phosphoric acid groups is 1. The molecule has 0 spiro atoms. The highest BCUT2D eigenvalue weighted by atomic mass is 31.2. The Kier molecular flexibility index (Phi) is 42.1. The molecule has 6 rings (SSSR count). The lowest BCUT2D eigenvalue weighted by atomic mass is 10.1. The summed E-state index contributed by atoms with van der Waals surface area (Å²) < 4.78 is 134. The molecule has 578 valence electrons. The van der Waals surface area contributed by atoms with Crippen molar-refractivity contribution >= 4 is 48.9 Å². The molecule has 0 amide bonds. The molecule has 26 nitrogen and oxygen atoms in total. The second kappa shape index (κ2) is 48.4. The van der Waals surface area contributed by atoms with E-state index in [2.05, 4.69) is 40.2 Å². The van der Waals surface area contributed by atoms with Crippen LogP contribution in [0.3, 0.4) is 0 Å². The highest BCUT2D eigenvalue weighted by Gasteiger charge is 2.46. The maximum absolute atomic E-state index is 15.8. The normalized spacial score (nSPS) is 25.2. The summed E-state index contributed by atoms with van der Waals surface area (Å²) >= 11 is 0. The average molecular weight is 1490 g/mol. The quantitative estimate of drug-likeness (QED) is 0.0377. The number of rotatable bonds is 58. The minimum absolute atomic E-state index is 0.0148. The van der Waals surface area contributed by atoms with Crippen LogP contribution in [-0.2, 0) is 64.1 Å². The molecule has 0 saturated carbocycles. The summed E-state index contributed by atoms with van der Waals surface area (Å²) in [5, 5.41) is 9.13. The van der Waals surface area contributed by atoms with Gasteiger partial charge in [0.1, 0.15) is 18.3 Å². The zero-order chi connectivity index (χ0) is 71.0. The van der Waals surface area contributed by atoms with Gasteiger partial charge in [-0.2, -0.15) is 0 Å². The van der Waals surface area contributed by atoms with Gasteiger partial charge in [0.2, 0.25) is 17.9 Å². The molecule has 6 aliphatic rings. The number of unbranched alkanes of at least 4 members (excludes halogenated alkanes) is 30. The van der Waals surface area contributed by atoms with E-state index >= 15 is 9.13 Å². The van der Waals surface area contributed by atoms with Crippen LogP contribution in [-0.4, -0.2) is 232 Å². The number of likely N-dealkylation sites (N-methyl/N-ethyl adjacent to an activating group) is 3. The molecule has 6 aliphatic heterocycles. The minimum Gasteiger partial charge on any atom is -0.396 e. The molecule has 0 bridgehead atoms. The Morgan fingerprint density at radius 2 is 0.687 bits per heavy atom. The fourth-order valence-electron chi connectivity index (χ4n) is 13.6. The van der Waals surface area contributed by atoms with Crippen LogP contribution in [0.1, 0.15) is 258 Å². The fraction of sp³-hybridized carbons (Fsp3) is 0.957. The number of guanidine groups is 3. The number of hydrogen-bond donors (Lipinski definition) is 3. The monoisotopic (exact) mass is 1490 g/mol. The highest BCUT2D eigenvalue weighted by molar-refractivity contribution is 7.53. The molecule has 3 N–H and O–H groups in total. The first-order chi connectivity index (χ1) is 47.9. The Balaban J connectivity index is 1.17. The molecule has 0 radical (unpaired) electrons. The first-order valence-corrected chi connectivity index (χ1v) is 45.0. The standard InChI is InChI=1S/C69H135N9O17P4/c1-7-10-13-16-19-22-25-28-31-36-44-76-50-47-73(4)67(76)70-96(80,81)93-61-41-55-86-64(61)58-90-97(82,71-68-74(5)48-51-77(68)45-37-32-29-26-23-20-17-14-11-8-2)94-62-42-56-87-65(62)59-91-98(83,72-69-75(6)49-52-78(69)46-38-33-30-27-24-21-18-15-12-9-3)95-63-43-57-88-66(63)60-92-99(84,85)89-54-40-35-34-39-53-79/h61-66,79H,7-60H2,1-6H3,(H,80,81)(H,84,85)/t61-,62-,63-,64?,65-,66-,97?,98?/m1/s1. The number of aliphatic hydroxyl groups is 1. The largest absolute Gasteiger partial charge is 0.472 e. The van der Waals surface area contributed by atoms with E-state index in [1.807, 2.05) is 35.8 Å². The molecule has 0 aromatic heterocycles. The van der Waals surface area contributed by atoms with E-state index < -0.39 is 74.3 Å². The molecule has 5 unspecified atom stereocenters. The number of aliphatic hydroxyl groups excluding tert-OH is 1. The summed E-state index contributed by atoms with van der Waals surface area (Å²) in [6.45, 7) is 12.2. The number of nitrogens with zero attached hydrogens (tertiary/aromatic N) is 9. The van der Waals surface area contributed by atoms with Crippen LogP contribution in [0.4, 0.5) is 0 Å². The van der Waals surface area contributed by atoms with Gasteiger partial charge in [-0.3, -0.25) is 31.7 Å².